The van der Waals surface area contributed by atoms with Gasteiger partial charge in [0, 0.05) is 12.2 Å². The van der Waals surface area contributed by atoms with Crippen molar-refractivity contribution in [2.75, 3.05) is 5.75 Å². The van der Waals surface area contributed by atoms with Crippen LogP contribution in [-0.2, 0) is 6.42 Å². The molecule has 0 saturated heterocycles. The molecule has 0 saturated carbocycles. The summed E-state index contributed by atoms with van der Waals surface area (Å²) in [6.07, 6.45) is 2.49. The van der Waals surface area contributed by atoms with Crippen LogP contribution in [-0.4, -0.2) is 20.6 Å². The van der Waals surface area contributed by atoms with Gasteiger partial charge in [0.1, 0.15) is 17.7 Å². The van der Waals surface area contributed by atoms with Gasteiger partial charge in [0.05, 0.1) is 4.92 Å². The largest absolute Gasteiger partial charge is 0.309 e. The number of halogens is 1. The third kappa shape index (κ3) is 4.22. The average molecular weight is 307 g/mol. The fourth-order valence-corrected chi connectivity index (χ4v) is 2.42. The van der Waals surface area contributed by atoms with Crippen molar-refractivity contribution in [2.24, 2.45) is 0 Å². The zero-order valence-corrected chi connectivity index (χ0v) is 12.3. The van der Waals surface area contributed by atoms with Crippen LogP contribution in [0.5, 0.6) is 0 Å². The van der Waals surface area contributed by atoms with Crippen molar-refractivity contribution in [3.8, 4) is 0 Å². The summed E-state index contributed by atoms with van der Waals surface area (Å²) in [5.41, 5.74) is 1.00. The van der Waals surface area contributed by atoms with Crippen LogP contribution in [0.4, 0.5) is 10.1 Å². The van der Waals surface area contributed by atoms with Crippen LogP contribution in [0.15, 0.2) is 35.6 Å². The van der Waals surface area contributed by atoms with E-state index in [0.717, 1.165) is 17.7 Å². The van der Waals surface area contributed by atoms with E-state index in [2.05, 4.69) is 9.97 Å². The van der Waals surface area contributed by atoms with Crippen LogP contribution in [0, 0.1) is 15.9 Å². The molecular weight excluding hydrogens is 293 g/mol. The molecule has 0 radical (unpaired) electrons. The Morgan fingerprint density at radius 2 is 2.05 bits per heavy atom. The van der Waals surface area contributed by atoms with Gasteiger partial charge in [-0.1, -0.05) is 30.8 Å². The summed E-state index contributed by atoms with van der Waals surface area (Å²) in [6.45, 7) is 2.04. The van der Waals surface area contributed by atoms with Gasteiger partial charge in [0.25, 0.3) is 0 Å². The maximum Gasteiger partial charge on any atom is 0.309 e. The minimum absolute atomic E-state index is 0.111. The molecule has 0 aliphatic heterocycles. The van der Waals surface area contributed by atoms with Crippen molar-refractivity contribution in [3.63, 3.8) is 0 Å². The molecule has 0 spiro atoms. The third-order valence-corrected chi connectivity index (χ3v) is 3.81. The Kier molecular flexibility index (Phi) is 5.21. The van der Waals surface area contributed by atoms with Gasteiger partial charge in [-0.2, -0.15) is 0 Å². The quantitative estimate of drug-likeness (QED) is 0.353. The molecular formula is C14H14FN3O2S. The molecule has 0 amide bonds. The number of hydrogen-bond donors (Lipinski definition) is 0. The molecule has 0 aliphatic carbocycles. The van der Waals surface area contributed by atoms with Gasteiger partial charge in [0.15, 0.2) is 5.16 Å². The maximum absolute atomic E-state index is 12.9. The van der Waals surface area contributed by atoms with Crippen LogP contribution >= 0.6 is 11.8 Å². The Morgan fingerprint density at radius 1 is 1.33 bits per heavy atom. The molecule has 0 N–H and O–H groups in total. The summed E-state index contributed by atoms with van der Waals surface area (Å²) in [7, 11) is 0. The fourth-order valence-electron chi connectivity index (χ4n) is 1.73. The second-order valence-corrected chi connectivity index (χ2v) is 5.46. The van der Waals surface area contributed by atoms with Crippen LogP contribution in [0.25, 0.3) is 0 Å². The summed E-state index contributed by atoms with van der Waals surface area (Å²) in [6, 6.07) is 5.85. The summed E-state index contributed by atoms with van der Waals surface area (Å²) in [5, 5.41) is 11.6. The molecule has 2 aromatic rings. The Morgan fingerprint density at radius 3 is 2.67 bits per heavy atom. The highest BCUT2D eigenvalue weighted by atomic mass is 32.2. The van der Waals surface area contributed by atoms with Crippen LogP contribution in [0.3, 0.4) is 0 Å². The summed E-state index contributed by atoms with van der Waals surface area (Å²) in [5.74, 6) is 0.517. The first-order chi connectivity index (χ1) is 10.1. The molecule has 5 nitrogen and oxygen atoms in total. The van der Waals surface area contributed by atoms with E-state index in [0.29, 0.717) is 10.9 Å². The lowest BCUT2D eigenvalue weighted by molar-refractivity contribution is -0.386. The fraction of sp³-hybridized carbons (Fsp3) is 0.286. The first-order valence-corrected chi connectivity index (χ1v) is 7.46. The zero-order chi connectivity index (χ0) is 15.2. The van der Waals surface area contributed by atoms with Crippen molar-refractivity contribution in [2.45, 2.75) is 24.9 Å². The molecule has 1 aromatic heterocycles. The topological polar surface area (TPSA) is 68.9 Å². The smallest absolute Gasteiger partial charge is 0.258 e. The summed E-state index contributed by atoms with van der Waals surface area (Å²) >= 11 is 1.46. The van der Waals surface area contributed by atoms with E-state index >= 15 is 0 Å². The second-order valence-electron chi connectivity index (χ2n) is 4.39. The molecule has 0 bridgehead atoms. The van der Waals surface area contributed by atoms with Gasteiger partial charge in [-0.25, -0.2) is 14.4 Å². The lowest BCUT2D eigenvalue weighted by Gasteiger charge is -2.05. The molecule has 1 aromatic carbocycles. The molecule has 0 fully saturated rings. The predicted molar refractivity (Wildman–Crippen MR) is 78.9 cm³/mol. The van der Waals surface area contributed by atoms with E-state index < -0.39 is 4.92 Å². The molecule has 110 valence electrons. The zero-order valence-electron chi connectivity index (χ0n) is 11.5. The van der Waals surface area contributed by atoms with Crippen molar-refractivity contribution in [1.82, 2.24) is 9.97 Å². The highest BCUT2D eigenvalue weighted by Crippen LogP contribution is 2.22. The summed E-state index contributed by atoms with van der Waals surface area (Å²) < 4.78 is 12.9. The minimum Gasteiger partial charge on any atom is -0.258 e. The number of hydrogen-bond acceptors (Lipinski definition) is 5. The van der Waals surface area contributed by atoms with E-state index in [9.17, 15) is 14.5 Å². The van der Waals surface area contributed by atoms with E-state index in [1.54, 1.807) is 12.1 Å². The van der Waals surface area contributed by atoms with Crippen molar-refractivity contribution in [3.05, 3.63) is 57.7 Å². The number of benzene rings is 1. The minimum atomic E-state index is -0.493. The molecule has 7 heteroatoms. The third-order valence-electron chi connectivity index (χ3n) is 2.74. The molecule has 21 heavy (non-hydrogen) atoms. The van der Waals surface area contributed by atoms with Crippen molar-refractivity contribution < 1.29 is 9.31 Å². The number of thioether (sulfide) groups is 1. The lowest BCUT2D eigenvalue weighted by Crippen LogP contribution is -2.03. The number of nitro groups is 1. The highest BCUT2D eigenvalue weighted by Gasteiger charge is 2.17. The summed E-state index contributed by atoms with van der Waals surface area (Å²) in [4.78, 5) is 18.8. The Bertz CT molecular complexity index is 635. The molecule has 2 rings (SSSR count). The van der Waals surface area contributed by atoms with E-state index in [1.165, 1.54) is 30.1 Å². The highest BCUT2D eigenvalue weighted by molar-refractivity contribution is 7.99. The average Bonchev–Trinajstić information content (AvgIpc) is 2.47. The van der Waals surface area contributed by atoms with E-state index in [-0.39, 0.29) is 17.9 Å². The second kappa shape index (κ2) is 7.12. The maximum atomic E-state index is 12.9. The first-order valence-electron chi connectivity index (χ1n) is 6.47. The standard InChI is InChI=1S/C14H14FN3O2S/c1-2-7-21-14-16-9-13(18(19)20)12(17-14)8-10-3-5-11(15)6-4-10/h3-6,9H,2,7-8H2,1H3. The Hall–Kier alpha value is -2.02. The van der Waals surface area contributed by atoms with Gasteiger partial charge in [0.2, 0.25) is 0 Å². The number of aromatic nitrogens is 2. The van der Waals surface area contributed by atoms with Gasteiger partial charge in [-0.15, -0.1) is 0 Å². The van der Waals surface area contributed by atoms with Crippen LogP contribution in [0.2, 0.25) is 0 Å². The Balaban J connectivity index is 2.29. The van der Waals surface area contributed by atoms with E-state index in [1.807, 2.05) is 6.92 Å². The van der Waals surface area contributed by atoms with Gasteiger partial charge >= 0.3 is 5.69 Å². The van der Waals surface area contributed by atoms with Crippen LogP contribution in [0.1, 0.15) is 24.6 Å². The van der Waals surface area contributed by atoms with Gasteiger partial charge < -0.3 is 0 Å². The SMILES string of the molecule is CCCSc1ncc([N+](=O)[O-])c(Cc2ccc(F)cc2)n1. The molecule has 1 heterocycles. The predicted octanol–water partition coefficient (Wildman–Crippen LogP) is 3.62. The van der Waals surface area contributed by atoms with Crippen molar-refractivity contribution >= 4 is 17.4 Å². The van der Waals surface area contributed by atoms with Gasteiger partial charge in [-0.3, -0.25) is 10.1 Å². The van der Waals surface area contributed by atoms with E-state index in [4.69, 9.17) is 0 Å². The van der Waals surface area contributed by atoms with Crippen molar-refractivity contribution in [1.29, 1.82) is 0 Å². The number of rotatable bonds is 6. The number of nitrogens with zero attached hydrogens (tertiary/aromatic N) is 3. The first kappa shape index (κ1) is 15.4. The molecule has 0 atom stereocenters. The molecule has 0 unspecified atom stereocenters. The monoisotopic (exact) mass is 307 g/mol. The Labute approximate surface area is 125 Å². The lowest BCUT2D eigenvalue weighted by atomic mass is 10.1. The molecule has 0 aliphatic rings. The normalized spacial score (nSPS) is 10.6. The van der Waals surface area contributed by atoms with Gasteiger partial charge in [-0.05, 0) is 24.1 Å². The van der Waals surface area contributed by atoms with Crippen LogP contribution < -0.4 is 0 Å².